The lowest BCUT2D eigenvalue weighted by Gasteiger charge is -2.00. The van der Waals surface area contributed by atoms with Crippen molar-refractivity contribution in [2.24, 2.45) is 0 Å². The summed E-state index contributed by atoms with van der Waals surface area (Å²) in [6, 6.07) is 0. The van der Waals surface area contributed by atoms with E-state index in [1.54, 1.807) is 0 Å². The molecule has 0 aliphatic rings. The highest BCUT2D eigenvalue weighted by Crippen LogP contribution is 2.10. The Labute approximate surface area is 97.2 Å². The van der Waals surface area contributed by atoms with E-state index in [9.17, 15) is 0 Å². The zero-order valence-electron chi connectivity index (χ0n) is 10.3. The van der Waals surface area contributed by atoms with Gasteiger partial charge in [0.05, 0.1) is 0 Å². The summed E-state index contributed by atoms with van der Waals surface area (Å²) in [6.07, 6.45) is 18.9. The maximum absolute atomic E-state index is 3.86. The highest BCUT2D eigenvalue weighted by atomic mass is 14.0. The Morgan fingerprint density at radius 1 is 0.600 bits per heavy atom. The van der Waals surface area contributed by atoms with Gasteiger partial charge in [-0.2, -0.15) is 0 Å². The molecule has 0 unspecified atom stereocenters. The molecule has 0 nitrogen and oxygen atoms in total. The summed E-state index contributed by atoms with van der Waals surface area (Å²) in [4.78, 5) is 0. The van der Waals surface area contributed by atoms with E-state index in [4.69, 9.17) is 0 Å². The fraction of sp³-hybridized carbons (Fsp3) is 0.733. The average molecular weight is 208 g/mol. The molecule has 0 aromatic rings. The second kappa shape index (κ2) is 13.7. The molecule has 0 aliphatic heterocycles. The molecule has 0 aliphatic carbocycles. The van der Waals surface area contributed by atoms with Crippen LogP contribution in [0.3, 0.4) is 0 Å². The van der Waals surface area contributed by atoms with Crippen LogP contribution in [0.25, 0.3) is 0 Å². The molecular formula is C15H28. The molecule has 88 valence electrons. The maximum Gasteiger partial charge on any atom is -0.0351 e. The molecule has 0 atom stereocenters. The van der Waals surface area contributed by atoms with E-state index in [-0.39, 0.29) is 0 Å². The minimum Gasteiger partial charge on any atom is -0.0885 e. The van der Waals surface area contributed by atoms with Gasteiger partial charge in [0, 0.05) is 0 Å². The third kappa shape index (κ3) is 13.7. The number of allylic oxidation sites excluding steroid dienone is 2. The molecule has 0 heterocycles. The SMILES string of the molecule is [CH2]C/C=C/CCCCCCCCCC[CH2]. The molecule has 15 heavy (non-hydrogen) atoms. The Kier molecular flexibility index (Phi) is 13.5. The molecule has 0 amide bonds. The van der Waals surface area contributed by atoms with E-state index in [0.29, 0.717) is 0 Å². The molecular weight excluding hydrogens is 180 g/mol. The first-order valence-electron chi connectivity index (χ1n) is 6.65. The van der Waals surface area contributed by atoms with Crippen molar-refractivity contribution in [3.63, 3.8) is 0 Å². The van der Waals surface area contributed by atoms with Crippen molar-refractivity contribution in [3.8, 4) is 0 Å². The van der Waals surface area contributed by atoms with Crippen molar-refractivity contribution >= 4 is 0 Å². The Morgan fingerprint density at radius 3 is 1.67 bits per heavy atom. The monoisotopic (exact) mass is 208 g/mol. The smallest absolute Gasteiger partial charge is 0.0351 e. The van der Waals surface area contributed by atoms with Gasteiger partial charge in [-0.15, -0.1) is 0 Å². The average Bonchev–Trinajstić information content (AvgIpc) is 2.26. The summed E-state index contributed by atoms with van der Waals surface area (Å²) >= 11 is 0. The van der Waals surface area contributed by atoms with Crippen molar-refractivity contribution in [2.45, 2.75) is 70.6 Å². The lowest BCUT2D eigenvalue weighted by molar-refractivity contribution is 0.571. The van der Waals surface area contributed by atoms with Gasteiger partial charge in [0.2, 0.25) is 0 Å². The summed E-state index contributed by atoms with van der Waals surface area (Å²) in [6.45, 7) is 7.63. The minimum absolute atomic E-state index is 0.937. The Morgan fingerprint density at radius 2 is 1.13 bits per heavy atom. The van der Waals surface area contributed by atoms with Crippen molar-refractivity contribution in [1.82, 2.24) is 0 Å². The number of unbranched alkanes of at least 4 members (excludes halogenated alkanes) is 9. The molecule has 0 fully saturated rings. The van der Waals surface area contributed by atoms with Gasteiger partial charge in [-0.1, -0.05) is 70.4 Å². The van der Waals surface area contributed by atoms with Crippen LogP contribution >= 0.6 is 0 Å². The quantitative estimate of drug-likeness (QED) is 0.310. The highest BCUT2D eigenvalue weighted by Gasteiger charge is 1.90. The summed E-state index contributed by atoms with van der Waals surface area (Å²) in [5.41, 5.74) is 0. The lowest BCUT2D eigenvalue weighted by Crippen LogP contribution is -1.80. The van der Waals surface area contributed by atoms with Gasteiger partial charge in [-0.05, 0) is 26.2 Å². The molecule has 2 radical (unpaired) electrons. The fourth-order valence-electron chi connectivity index (χ4n) is 1.74. The molecule has 0 heteroatoms. The number of hydrogen-bond acceptors (Lipinski definition) is 0. The van der Waals surface area contributed by atoms with Crippen molar-refractivity contribution in [3.05, 3.63) is 26.0 Å². The van der Waals surface area contributed by atoms with Crippen LogP contribution in [0.1, 0.15) is 70.6 Å². The first-order valence-corrected chi connectivity index (χ1v) is 6.65. The predicted octanol–water partition coefficient (Wildman–Crippen LogP) is 5.50. The summed E-state index contributed by atoms with van der Waals surface area (Å²) in [5, 5.41) is 0. The molecule has 0 saturated carbocycles. The zero-order chi connectivity index (χ0) is 11.2. The van der Waals surface area contributed by atoms with Crippen LogP contribution < -0.4 is 0 Å². The van der Waals surface area contributed by atoms with Crippen LogP contribution in [0.5, 0.6) is 0 Å². The van der Waals surface area contributed by atoms with Gasteiger partial charge in [-0.3, -0.25) is 0 Å². The van der Waals surface area contributed by atoms with Gasteiger partial charge in [0.25, 0.3) is 0 Å². The Bertz CT molecular complexity index is 124. The van der Waals surface area contributed by atoms with E-state index >= 15 is 0 Å². The second-order valence-electron chi connectivity index (χ2n) is 4.23. The molecule has 0 bridgehead atoms. The van der Waals surface area contributed by atoms with Crippen LogP contribution in [0, 0.1) is 13.8 Å². The number of hydrogen-bond donors (Lipinski definition) is 0. The van der Waals surface area contributed by atoms with E-state index in [2.05, 4.69) is 26.0 Å². The van der Waals surface area contributed by atoms with E-state index in [1.807, 2.05) is 0 Å². The fourth-order valence-corrected chi connectivity index (χ4v) is 1.74. The molecule has 0 saturated heterocycles. The topological polar surface area (TPSA) is 0 Å². The van der Waals surface area contributed by atoms with Gasteiger partial charge in [-0.25, -0.2) is 0 Å². The normalized spacial score (nSPS) is 11.3. The molecule has 0 N–H and O–H groups in total. The summed E-state index contributed by atoms with van der Waals surface area (Å²) < 4.78 is 0. The largest absolute Gasteiger partial charge is 0.0885 e. The van der Waals surface area contributed by atoms with Crippen LogP contribution in [0.4, 0.5) is 0 Å². The molecule has 0 rings (SSSR count). The van der Waals surface area contributed by atoms with Crippen molar-refractivity contribution < 1.29 is 0 Å². The predicted molar refractivity (Wildman–Crippen MR) is 70.6 cm³/mol. The van der Waals surface area contributed by atoms with Crippen LogP contribution in [-0.2, 0) is 0 Å². The first kappa shape index (κ1) is 14.7. The van der Waals surface area contributed by atoms with E-state index in [0.717, 1.165) is 12.8 Å². The van der Waals surface area contributed by atoms with Gasteiger partial charge < -0.3 is 0 Å². The Balaban J connectivity index is 2.89. The zero-order valence-corrected chi connectivity index (χ0v) is 10.3. The van der Waals surface area contributed by atoms with Gasteiger partial charge >= 0.3 is 0 Å². The second-order valence-corrected chi connectivity index (χ2v) is 4.23. The molecule has 0 aromatic heterocycles. The Hall–Kier alpha value is -0.260. The summed E-state index contributed by atoms with van der Waals surface area (Å²) in [7, 11) is 0. The van der Waals surface area contributed by atoms with Gasteiger partial charge in [0.1, 0.15) is 0 Å². The van der Waals surface area contributed by atoms with Crippen molar-refractivity contribution in [2.75, 3.05) is 0 Å². The minimum atomic E-state index is 0.937. The van der Waals surface area contributed by atoms with Gasteiger partial charge in [0.15, 0.2) is 0 Å². The van der Waals surface area contributed by atoms with Crippen LogP contribution in [0.15, 0.2) is 12.2 Å². The lowest BCUT2D eigenvalue weighted by atomic mass is 10.1. The van der Waals surface area contributed by atoms with Crippen LogP contribution in [-0.4, -0.2) is 0 Å². The number of rotatable bonds is 11. The first-order chi connectivity index (χ1) is 7.41. The van der Waals surface area contributed by atoms with E-state index in [1.165, 1.54) is 57.8 Å². The van der Waals surface area contributed by atoms with Crippen molar-refractivity contribution in [1.29, 1.82) is 0 Å². The molecule has 0 spiro atoms. The third-order valence-corrected chi connectivity index (χ3v) is 2.70. The third-order valence-electron chi connectivity index (χ3n) is 2.70. The maximum atomic E-state index is 3.86. The molecule has 0 aromatic carbocycles. The van der Waals surface area contributed by atoms with E-state index < -0.39 is 0 Å². The highest BCUT2D eigenvalue weighted by molar-refractivity contribution is 4.81. The summed E-state index contributed by atoms with van der Waals surface area (Å²) in [5.74, 6) is 0. The standard InChI is InChI=1S/C15H28/c1-3-5-7-9-11-13-15-14-12-10-8-6-4-2/h5,7H,1-4,6,8-15H2/b7-5+. The van der Waals surface area contributed by atoms with Crippen LogP contribution in [0.2, 0.25) is 0 Å².